The van der Waals surface area contributed by atoms with Crippen LogP contribution in [-0.2, 0) is 10.0 Å². The molecule has 3 nitrogen and oxygen atoms in total. The zero-order valence-corrected chi connectivity index (χ0v) is 12.5. The van der Waals surface area contributed by atoms with Crippen LogP contribution in [0.2, 0.25) is 5.02 Å². The number of halogens is 3. The average molecular weight is 357 g/mol. The van der Waals surface area contributed by atoms with Gasteiger partial charge in [-0.1, -0.05) is 27.5 Å². The molecule has 1 saturated carbocycles. The third kappa shape index (κ3) is 3.44. The normalized spacial score (nSPS) is 17.7. The van der Waals surface area contributed by atoms with Crippen LogP contribution in [0.25, 0.3) is 0 Å². The third-order valence-electron chi connectivity index (χ3n) is 2.78. The molecule has 2 rings (SSSR count). The van der Waals surface area contributed by atoms with Gasteiger partial charge >= 0.3 is 0 Å². The van der Waals surface area contributed by atoms with Crippen LogP contribution >= 0.6 is 27.5 Å². The van der Waals surface area contributed by atoms with Crippen molar-refractivity contribution in [2.24, 2.45) is 5.92 Å². The van der Waals surface area contributed by atoms with Crippen molar-refractivity contribution in [1.29, 1.82) is 0 Å². The molecule has 100 valence electrons. The van der Waals surface area contributed by atoms with Crippen molar-refractivity contribution < 1.29 is 12.8 Å². The predicted molar refractivity (Wildman–Crippen MR) is 72.0 cm³/mol. The van der Waals surface area contributed by atoms with Gasteiger partial charge < -0.3 is 0 Å². The Morgan fingerprint density at radius 3 is 2.78 bits per heavy atom. The Morgan fingerprint density at radius 2 is 2.17 bits per heavy atom. The van der Waals surface area contributed by atoms with Crippen molar-refractivity contribution in [3.05, 3.63) is 29.0 Å². The first-order chi connectivity index (χ1) is 8.40. The van der Waals surface area contributed by atoms with Crippen LogP contribution in [0.1, 0.15) is 12.8 Å². The molecule has 1 N–H and O–H groups in total. The summed E-state index contributed by atoms with van der Waals surface area (Å²) in [6.07, 6.45) is 2.22. The van der Waals surface area contributed by atoms with Gasteiger partial charge in [0.25, 0.3) is 0 Å². The van der Waals surface area contributed by atoms with Crippen LogP contribution in [0, 0.1) is 11.7 Å². The first-order valence-electron chi connectivity index (χ1n) is 5.49. The van der Waals surface area contributed by atoms with E-state index in [4.69, 9.17) is 11.6 Å². The fraction of sp³-hybridized carbons (Fsp3) is 0.455. The summed E-state index contributed by atoms with van der Waals surface area (Å²) in [5.74, 6) is -0.104. The minimum absolute atomic E-state index is 0.0152. The van der Waals surface area contributed by atoms with Crippen LogP contribution < -0.4 is 4.72 Å². The van der Waals surface area contributed by atoms with Gasteiger partial charge in [0.15, 0.2) is 0 Å². The first-order valence-corrected chi connectivity index (χ1v) is 8.26. The Labute approximate surface area is 119 Å². The summed E-state index contributed by atoms with van der Waals surface area (Å²) in [5.41, 5.74) is 0. The zero-order chi connectivity index (χ0) is 13.3. The summed E-state index contributed by atoms with van der Waals surface area (Å²) >= 11 is 9.20. The zero-order valence-electron chi connectivity index (χ0n) is 9.37. The van der Waals surface area contributed by atoms with Crippen molar-refractivity contribution >= 4 is 37.6 Å². The Balaban J connectivity index is 2.11. The molecular weight excluding hydrogens is 345 g/mol. The first kappa shape index (κ1) is 14.2. The largest absolute Gasteiger partial charge is 0.242 e. The number of nitrogens with one attached hydrogen (secondary N) is 1. The third-order valence-corrected chi connectivity index (χ3v) is 5.76. The monoisotopic (exact) mass is 355 g/mol. The number of hydrogen-bond donors (Lipinski definition) is 1. The van der Waals surface area contributed by atoms with Crippen LogP contribution in [0.4, 0.5) is 4.39 Å². The molecule has 0 amide bonds. The van der Waals surface area contributed by atoms with Gasteiger partial charge in [-0.05, 0) is 37.0 Å². The smallest absolute Gasteiger partial charge is 0.210 e. The molecule has 1 aliphatic carbocycles. The molecule has 0 radical (unpaired) electrons. The minimum atomic E-state index is -3.77. The molecule has 0 aliphatic heterocycles. The lowest BCUT2D eigenvalue weighted by molar-refractivity contribution is 0.574. The van der Waals surface area contributed by atoms with E-state index < -0.39 is 15.8 Å². The highest BCUT2D eigenvalue weighted by Crippen LogP contribution is 2.36. The van der Waals surface area contributed by atoms with Crippen LogP contribution in [0.3, 0.4) is 0 Å². The molecule has 1 aromatic rings. The molecule has 1 fully saturated rings. The Hall–Kier alpha value is -0.170. The molecule has 18 heavy (non-hydrogen) atoms. The van der Waals surface area contributed by atoms with Gasteiger partial charge in [-0.2, -0.15) is 0 Å². The lowest BCUT2D eigenvalue weighted by Crippen LogP contribution is -2.30. The van der Waals surface area contributed by atoms with Gasteiger partial charge in [0.05, 0.1) is 5.02 Å². The van der Waals surface area contributed by atoms with E-state index in [2.05, 4.69) is 20.7 Å². The highest BCUT2D eigenvalue weighted by Gasteiger charge is 2.30. The molecule has 0 saturated heterocycles. The van der Waals surface area contributed by atoms with Gasteiger partial charge in [-0.3, -0.25) is 0 Å². The molecule has 0 heterocycles. The summed E-state index contributed by atoms with van der Waals surface area (Å²) in [6, 6.07) is 3.28. The number of sulfonamides is 1. The summed E-state index contributed by atoms with van der Waals surface area (Å²) in [5, 5.41) is 0.0152. The van der Waals surface area contributed by atoms with E-state index >= 15 is 0 Å². The van der Waals surface area contributed by atoms with E-state index in [1.54, 1.807) is 0 Å². The van der Waals surface area contributed by atoms with Crippen molar-refractivity contribution in [2.45, 2.75) is 22.6 Å². The molecule has 1 atom stereocenters. The van der Waals surface area contributed by atoms with Crippen molar-refractivity contribution in [3.63, 3.8) is 0 Å². The number of alkyl halides is 1. The number of benzene rings is 1. The molecule has 0 aromatic heterocycles. The molecular formula is C11H12BrClFNO2S. The molecule has 1 aliphatic rings. The van der Waals surface area contributed by atoms with Gasteiger partial charge in [0.1, 0.15) is 10.7 Å². The fourth-order valence-electron chi connectivity index (χ4n) is 1.57. The van der Waals surface area contributed by atoms with E-state index in [1.165, 1.54) is 6.07 Å². The van der Waals surface area contributed by atoms with Crippen molar-refractivity contribution in [1.82, 2.24) is 4.72 Å². The topological polar surface area (TPSA) is 46.2 Å². The Bertz CT molecular complexity index is 548. The second kappa shape index (κ2) is 5.45. The number of hydrogen-bond acceptors (Lipinski definition) is 2. The lowest BCUT2D eigenvalue weighted by Gasteiger charge is -2.11. The van der Waals surface area contributed by atoms with E-state index in [1.807, 2.05) is 0 Å². The van der Waals surface area contributed by atoms with Gasteiger partial charge in [0.2, 0.25) is 10.0 Å². The second-order valence-electron chi connectivity index (χ2n) is 4.28. The second-order valence-corrected chi connectivity index (χ2v) is 7.60. The molecule has 7 heteroatoms. The maximum Gasteiger partial charge on any atom is 0.242 e. The van der Waals surface area contributed by atoms with Crippen LogP contribution in [0.15, 0.2) is 23.1 Å². The minimum Gasteiger partial charge on any atom is -0.210 e. The number of rotatable bonds is 5. The summed E-state index contributed by atoms with van der Waals surface area (Å²) < 4.78 is 39.4. The maximum absolute atomic E-state index is 13.1. The predicted octanol–water partition coefficient (Wildman–Crippen LogP) is 2.93. The van der Waals surface area contributed by atoms with Gasteiger partial charge in [-0.15, -0.1) is 0 Å². The summed E-state index contributed by atoms with van der Waals surface area (Å²) in [6.45, 7) is 0.278. The van der Waals surface area contributed by atoms with E-state index in [0.717, 1.165) is 25.0 Å². The van der Waals surface area contributed by atoms with E-state index in [9.17, 15) is 12.8 Å². The Morgan fingerprint density at radius 1 is 1.50 bits per heavy atom. The average Bonchev–Trinajstić information content (AvgIpc) is 3.13. The standard InChI is InChI=1S/C11H12BrClFNO2S/c12-9(7-1-2-7)6-15-18(16,17)11-5-8(14)3-4-10(11)13/h3-5,7,9,15H,1-2,6H2. The quantitative estimate of drug-likeness (QED) is 0.825. The summed E-state index contributed by atoms with van der Waals surface area (Å²) in [4.78, 5) is -0.112. The molecule has 0 spiro atoms. The van der Waals surface area contributed by atoms with E-state index in [0.29, 0.717) is 5.92 Å². The molecule has 1 unspecified atom stereocenters. The van der Waals surface area contributed by atoms with Crippen LogP contribution in [-0.4, -0.2) is 19.8 Å². The van der Waals surface area contributed by atoms with Gasteiger partial charge in [0, 0.05) is 11.4 Å². The lowest BCUT2D eigenvalue weighted by atomic mass is 10.3. The van der Waals surface area contributed by atoms with Gasteiger partial charge in [-0.25, -0.2) is 17.5 Å². The maximum atomic E-state index is 13.1. The highest BCUT2D eigenvalue weighted by atomic mass is 79.9. The Kier molecular flexibility index (Phi) is 4.31. The molecule has 0 bridgehead atoms. The van der Waals surface area contributed by atoms with Crippen molar-refractivity contribution in [3.8, 4) is 0 Å². The highest BCUT2D eigenvalue weighted by molar-refractivity contribution is 9.09. The summed E-state index contributed by atoms with van der Waals surface area (Å²) in [7, 11) is -3.77. The van der Waals surface area contributed by atoms with Crippen LogP contribution in [0.5, 0.6) is 0 Å². The van der Waals surface area contributed by atoms with Crippen molar-refractivity contribution in [2.75, 3.05) is 6.54 Å². The van der Waals surface area contributed by atoms with E-state index in [-0.39, 0.29) is 21.3 Å². The molecule has 1 aromatic carbocycles. The fourth-order valence-corrected chi connectivity index (χ4v) is 4.05. The SMILES string of the molecule is O=S(=O)(NCC(Br)C1CC1)c1cc(F)ccc1Cl.